The summed E-state index contributed by atoms with van der Waals surface area (Å²) in [5.41, 5.74) is 0.833. The molecule has 0 bridgehead atoms. The summed E-state index contributed by atoms with van der Waals surface area (Å²) in [5, 5.41) is 9.72. The Balaban J connectivity index is 2.99. The molecule has 17 heavy (non-hydrogen) atoms. The average molecular weight is 240 g/mol. The fourth-order valence-electron chi connectivity index (χ4n) is 1.53. The lowest BCUT2D eigenvalue weighted by Crippen LogP contribution is -2.15. The van der Waals surface area contributed by atoms with Gasteiger partial charge in [0.2, 0.25) is 0 Å². The molecule has 0 saturated heterocycles. The first kappa shape index (κ1) is 13.6. The summed E-state index contributed by atoms with van der Waals surface area (Å²) in [6.45, 7) is 5.56. The van der Waals surface area contributed by atoms with E-state index in [2.05, 4.69) is 0 Å². The van der Waals surface area contributed by atoms with Crippen molar-refractivity contribution in [1.29, 1.82) is 0 Å². The Bertz CT molecular complexity index is 402. The molecule has 3 nitrogen and oxygen atoms in total. The zero-order valence-electron chi connectivity index (χ0n) is 10.2. The van der Waals surface area contributed by atoms with Gasteiger partial charge in [-0.1, -0.05) is 19.9 Å². The minimum absolute atomic E-state index is 0.00987. The number of aliphatic hydroxyl groups excluding tert-OH is 1. The molecule has 1 rings (SSSR count). The van der Waals surface area contributed by atoms with Gasteiger partial charge >= 0.3 is 5.97 Å². The number of hydrogen-bond donors (Lipinski definition) is 1. The van der Waals surface area contributed by atoms with Gasteiger partial charge in [-0.25, -0.2) is 9.18 Å². The van der Waals surface area contributed by atoms with E-state index >= 15 is 0 Å². The number of benzene rings is 1. The maximum atomic E-state index is 13.4. The highest BCUT2D eigenvalue weighted by atomic mass is 19.1. The molecule has 0 aliphatic rings. The maximum Gasteiger partial charge on any atom is 0.339 e. The van der Waals surface area contributed by atoms with E-state index in [1.54, 1.807) is 6.92 Å². The van der Waals surface area contributed by atoms with Crippen molar-refractivity contribution in [3.63, 3.8) is 0 Å². The van der Waals surface area contributed by atoms with Gasteiger partial charge in [0.05, 0.1) is 6.61 Å². The van der Waals surface area contributed by atoms with E-state index in [1.165, 1.54) is 18.2 Å². The van der Waals surface area contributed by atoms with E-state index in [0.29, 0.717) is 11.1 Å². The summed E-state index contributed by atoms with van der Waals surface area (Å²) in [5.74, 6) is -1.06. The Kier molecular flexibility index (Phi) is 4.63. The molecule has 0 amide bonds. The second-order valence-corrected chi connectivity index (χ2v) is 4.09. The molecule has 0 aliphatic carbocycles. The minimum atomic E-state index is -1.35. The maximum absolute atomic E-state index is 13.4. The van der Waals surface area contributed by atoms with Crippen LogP contribution < -0.4 is 0 Å². The van der Waals surface area contributed by atoms with Crippen LogP contribution in [0, 0.1) is 5.82 Å². The second-order valence-electron chi connectivity index (χ2n) is 4.09. The molecule has 1 aromatic rings. The first-order chi connectivity index (χ1) is 7.97. The highest BCUT2D eigenvalue weighted by Crippen LogP contribution is 2.23. The molecule has 0 saturated carbocycles. The number of aliphatic hydroxyl groups is 1. The van der Waals surface area contributed by atoms with Gasteiger partial charge in [0.25, 0.3) is 0 Å². The number of hydrogen-bond acceptors (Lipinski definition) is 3. The van der Waals surface area contributed by atoms with E-state index in [4.69, 9.17) is 4.74 Å². The molecule has 0 spiro atoms. The van der Waals surface area contributed by atoms with Crippen molar-refractivity contribution in [2.24, 2.45) is 0 Å². The molecule has 0 radical (unpaired) electrons. The van der Waals surface area contributed by atoms with Gasteiger partial charge < -0.3 is 9.84 Å². The molecular weight excluding hydrogens is 223 g/mol. The Morgan fingerprint density at radius 3 is 2.65 bits per heavy atom. The lowest BCUT2D eigenvalue weighted by molar-refractivity contribution is -0.153. The molecular formula is C13H17FO3. The molecule has 1 unspecified atom stereocenters. The van der Waals surface area contributed by atoms with Crippen LogP contribution in [0.2, 0.25) is 0 Å². The van der Waals surface area contributed by atoms with Crippen LogP contribution in [0.1, 0.15) is 43.9 Å². The fraction of sp³-hybridized carbons (Fsp3) is 0.462. The predicted octanol–water partition coefficient (Wildman–Crippen LogP) is 2.55. The van der Waals surface area contributed by atoms with E-state index in [-0.39, 0.29) is 18.3 Å². The normalized spacial score (nSPS) is 12.6. The Labute approximate surface area is 100 Å². The molecule has 4 heteroatoms. The van der Waals surface area contributed by atoms with Crippen LogP contribution in [0.4, 0.5) is 4.39 Å². The van der Waals surface area contributed by atoms with Crippen molar-refractivity contribution in [3.05, 3.63) is 35.1 Å². The number of esters is 1. The van der Waals surface area contributed by atoms with Crippen LogP contribution in [0.25, 0.3) is 0 Å². The van der Waals surface area contributed by atoms with Gasteiger partial charge in [-0.15, -0.1) is 0 Å². The summed E-state index contributed by atoms with van der Waals surface area (Å²) >= 11 is 0. The SMILES string of the molecule is CCOC(=O)C(O)c1ccc(F)c(C(C)C)c1. The molecule has 0 aromatic heterocycles. The monoisotopic (exact) mass is 240 g/mol. The largest absolute Gasteiger partial charge is 0.464 e. The van der Waals surface area contributed by atoms with E-state index < -0.39 is 12.1 Å². The first-order valence-electron chi connectivity index (χ1n) is 5.61. The zero-order valence-corrected chi connectivity index (χ0v) is 10.2. The van der Waals surface area contributed by atoms with Crippen molar-refractivity contribution in [2.45, 2.75) is 32.8 Å². The van der Waals surface area contributed by atoms with Crippen molar-refractivity contribution < 1.29 is 19.0 Å². The Morgan fingerprint density at radius 2 is 2.12 bits per heavy atom. The lowest BCUT2D eigenvalue weighted by Gasteiger charge is -2.13. The van der Waals surface area contributed by atoms with Gasteiger partial charge in [0.1, 0.15) is 5.82 Å². The third-order valence-electron chi connectivity index (χ3n) is 2.47. The van der Waals surface area contributed by atoms with Crippen molar-refractivity contribution >= 4 is 5.97 Å². The molecule has 1 N–H and O–H groups in total. The van der Waals surface area contributed by atoms with Gasteiger partial charge in [0.15, 0.2) is 6.10 Å². The zero-order chi connectivity index (χ0) is 13.0. The number of carbonyl (C=O) groups excluding carboxylic acids is 1. The third-order valence-corrected chi connectivity index (χ3v) is 2.47. The van der Waals surface area contributed by atoms with Crippen LogP contribution in [0.15, 0.2) is 18.2 Å². The van der Waals surface area contributed by atoms with Crippen LogP contribution >= 0.6 is 0 Å². The molecule has 0 heterocycles. The highest BCUT2D eigenvalue weighted by molar-refractivity contribution is 5.76. The van der Waals surface area contributed by atoms with Crippen LogP contribution in [0.3, 0.4) is 0 Å². The van der Waals surface area contributed by atoms with E-state index in [0.717, 1.165) is 0 Å². The predicted molar refractivity (Wildman–Crippen MR) is 62.1 cm³/mol. The number of ether oxygens (including phenoxy) is 1. The number of rotatable bonds is 4. The van der Waals surface area contributed by atoms with E-state index in [1.807, 2.05) is 13.8 Å². The van der Waals surface area contributed by atoms with Gasteiger partial charge in [-0.05, 0) is 36.1 Å². The van der Waals surface area contributed by atoms with Crippen molar-refractivity contribution in [3.8, 4) is 0 Å². The topological polar surface area (TPSA) is 46.5 Å². The van der Waals surface area contributed by atoms with Gasteiger partial charge in [-0.3, -0.25) is 0 Å². The summed E-state index contributed by atoms with van der Waals surface area (Å²) in [4.78, 5) is 11.3. The molecule has 1 aromatic carbocycles. The molecule has 1 atom stereocenters. The Morgan fingerprint density at radius 1 is 1.47 bits per heavy atom. The van der Waals surface area contributed by atoms with E-state index in [9.17, 15) is 14.3 Å². The van der Waals surface area contributed by atoms with Crippen LogP contribution in [0.5, 0.6) is 0 Å². The van der Waals surface area contributed by atoms with Crippen LogP contribution in [-0.4, -0.2) is 17.7 Å². The summed E-state index contributed by atoms with van der Waals surface area (Å²) in [6, 6.07) is 4.15. The number of halogens is 1. The molecule has 0 aliphatic heterocycles. The Hall–Kier alpha value is -1.42. The smallest absolute Gasteiger partial charge is 0.339 e. The number of carbonyl (C=O) groups is 1. The van der Waals surface area contributed by atoms with Gasteiger partial charge in [0, 0.05) is 0 Å². The molecule has 0 fully saturated rings. The summed E-state index contributed by atoms with van der Waals surface area (Å²) < 4.78 is 18.1. The van der Waals surface area contributed by atoms with Crippen molar-refractivity contribution in [2.75, 3.05) is 6.61 Å². The lowest BCUT2D eigenvalue weighted by atomic mass is 9.98. The van der Waals surface area contributed by atoms with Crippen LogP contribution in [-0.2, 0) is 9.53 Å². The van der Waals surface area contributed by atoms with Gasteiger partial charge in [-0.2, -0.15) is 0 Å². The minimum Gasteiger partial charge on any atom is -0.464 e. The average Bonchev–Trinajstić information content (AvgIpc) is 2.28. The second kappa shape index (κ2) is 5.77. The summed E-state index contributed by atoms with van der Waals surface area (Å²) in [7, 11) is 0. The highest BCUT2D eigenvalue weighted by Gasteiger charge is 2.20. The molecule has 94 valence electrons. The fourth-order valence-corrected chi connectivity index (χ4v) is 1.53. The first-order valence-corrected chi connectivity index (χ1v) is 5.61. The quantitative estimate of drug-likeness (QED) is 0.823. The standard InChI is InChI=1S/C13H17FO3/c1-4-17-13(16)12(15)9-5-6-11(14)10(7-9)8(2)3/h5-8,12,15H,4H2,1-3H3. The van der Waals surface area contributed by atoms with Crippen molar-refractivity contribution in [1.82, 2.24) is 0 Å². The third kappa shape index (κ3) is 3.27. The summed E-state index contributed by atoms with van der Waals surface area (Å²) in [6.07, 6.45) is -1.35.